The van der Waals surface area contributed by atoms with E-state index < -0.39 is 0 Å². The molecule has 55 valence electrons. The van der Waals surface area contributed by atoms with E-state index in [1.54, 1.807) is 6.61 Å². The Bertz CT molecular complexity index is 42.2. The molecular formula is C7H16NO. The van der Waals surface area contributed by atoms with Crippen molar-refractivity contribution in [2.45, 2.75) is 19.8 Å². The van der Waals surface area contributed by atoms with Gasteiger partial charge in [0, 0.05) is 6.61 Å². The Kier molecular flexibility index (Phi) is 7.85. The SMILES string of the molecule is C[CH]OCCCCNC. The van der Waals surface area contributed by atoms with Gasteiger partial charge in [0.05, 0.1) is 6.61 Å². The lowest BCUT2D eigenvalue weighted by Gasteiger charge is -1.98. The molecule has 0 aromatic carbocycles. The molecule has 1 radical (unpaired) electrons. The van der Waals surface area contributed by atoms with Crippen molar-refractivity contribution in [2.75, 3.05) is 20.2 Å². The van der Waals surface area contributed by atoms with Crippen LogP contribution in [-0.4, -0.2) is 20.2 Å². The fraction of sp³-hybridized carbons (Fsp3) is 0.857. The molecule has 9 heavy (non-hydrogen) atoms. The van der Waals surface area contributed by atoms with Crippen molar-refractivity contribution in [3.8, 4) is 0 Å². The summed E-state index contributed by atoms with van der Waals surface area (Å²) >= 11 is 0. The number of hydrogen-bond donors (Lipinski definition) is 1. The van der Waals surface area contributed by atoms with Crippen LogP contribution in [0.15, 0.2) is 0 Å². The van der Waals surface area contributed by atoms with E-state index in [2.05, 4.69) is 5.32 Å². The molecule has 2 heteroatoms. The summed E-state index contributed by atoms with van der Waals surface area (Å²) in [5, 5.41) is 3.08. The van der Waals surface area contributed by atoms with E-state index in [0.29, 0.717) is 0 Å². The molecule has 0 atom stereocenters. The summed E-state index contributed by atoms with van der Waals surface area (Å²) in [7, 11) is 1.97. The van der Waals surface area contributed by atoms with Crippen LogP contribution in [0.4, 0.5) is 0 Å². The highest BCUT2D eigenvalue weighted by atomic mass is 16.5. The number of ether oxygens (including phenoxy) is 1. The van der Waals surface area contributed by atoms with Gasteiger partial charge in [-0.25, -0.2) is 0 Å². The monoisotopic (exact) mass is 130 g/mol. The van der Waals surface area contributed by atoms with Gasteiger partial charge >= 0.3 is 0 Å². The lowest BCUT2D eigenvalue weighted by atomic mass is 10.3. The van der Waals surface area contributed by atoms with E-state index in [0.717, 1.165) is 19.6 Å². The Morgan fingerprint density at radius 1 is 1.44 bits per heavy atom. The van der Waals surface area contributed by atoms with E-state index >= 15 is 0 Å². The summed E-state index contributed by atoms with van der Waals surface area (Å²) in [5.74, 6) is 0. The Morgan fingerprint density at radius 2 is 2.22 bits per heavy atom. The van der Waals surface area contributed by atoms with E-state index in [1.807, 2.05) is 14.0 Å². The number of unbranched alkanes of at least 4 members (excludes halogenated alkanes) is 1. The minimum absolute atomic E-state index is 0.859. The number of rotatable bonds is 6. The Labute approximate surface area is 57.6 Å². The van der Waals surface area contributed by atoms with Crippen LogP contribution < -0.4 is 5.32 Å². The molecule has 2 nitrogen and oxygen atoms in total. The maximum atomic E-state index is 5.03. The van der Waals surface area contributed by atoms with Crippen molar-refractivity contribution in [2.24, 2.45) is 0 Å². The van der Waals surface area contributed by atoms with Gasteiger partial charge in [0.1, 0.15) is 0 Å². The molecule has 0 saturated carbocycles. The summed E-state index contributed by atoms with van der Waals surface area (Å²) < 4.78 is 5.03. The zero-order chi connectivity index (χ0) is 6.95. The van der Waals surface area contributed by atoms with Crippen LogP contribution in [0.5, 0.6) is 0 Å². The molecule has 0 bridgehead atoms. The summed E-state index contributed by atoms with van der Waals surface area (Å²) in [6, 6.07) is 0. The van der Waals surface area contributed by atoms with Crippen LogP contribution >= 0.6 is 0 Å². The normalized spacial score (nSPS) is 10.0. The van der Waals surface area contributed by atoms with Crippen molar-refractivity contribution in [1.29, 1.82) is 0 Å². The minimum atomic E-state index is 0.859. The standard InChI is InChI=1S/C7H16NO/c1-3-9-7-5-4-6-8-2/h3,8H,4-7H2,1-2H3. The highest BCUT2D eigenvalue weighted by Crippen LogP contribution is 1.88. The molecule has 0 saturated heterocycles. The highest BCUT2D eigenvalue weighted by Gasteiger charge is 1.84. The predicted octanol–water partition coefficient (Wildman–Crippen LogP) is 1.18. The quantitative estimate of drug-likeness (QED) is 0.545. The molecule has 0 fully saturated rings. The third-order valence-electron chi connectivity index (χ3n) is 1.11. The largest absolute Gasteiger partial charge is 0.376 e. The zero-order valence-electron chi connectivity index (χ0n) is 6.31. The molecular weight excluding hydrogens is 114 g/mol. The van der Waals surface area contributed by atoms with E-state index in [9.17, 15) is 0 Å². The van der Waals surface area contributed by atoms with Gasteiger partial charge in [0.2, 0.25) is 0 Å². The van der Waals surface area contributed by atoms with Crippen LogP contribution in [0.1, 0.15) is 19.8 Å². The molecule has 0 aliphatic heterocycles. The second-order valence-electron chi connectivity index (χ2n) is 1.92. The lowest BCUT2D eigenvalue weighted by molar-refractivity contribution is 0.198. The van der Waals surface area contributed by atoms with Crippen molar-refractivity contribution < 1.29 is 4.74 Å². The number of nitrogens with one attached hydrogen (secondary N) is 1. The predicted molar refractivity (Wildman–Crippen MR) is 39.1 cm³/mol. The molecule has 1 N–H and O–H groups in total. The zero-order valence-corrected chi connectivity index (χ0v) is 6.31. The Hall–Kier alpha value is -0.0800. The summed E-state index contributed by atoms with van der Waals surface area (Å²) in [5.41, 5.74) is 0. The lowest BCUT2D eigenvalue weighted by Crippen LogP contribution is -2.08. The molecule has 0 unspecified atom stereocenters. The Balaban J connectivity index is 2.60. The molecule has 0 aliphatic rings. The summed E-state index contributed by atoms with van der Waals surface area (Å²) in [4.78, 5) is 0. The minimum Gasteiger partial charge on any atom is -0.376 e. The average Bonchev–Trinajstić information content (AvgIpc) is 1.89. The van der Waals surface area contributed by atoms with Crippen molar-refractivity contribution >= 4 is 0 Å². The fourth-order valence-corrected chi connectivity index (χ4v) is 0.605. The molecule has 0 rings (SSSR count). The van der Waals surface area contributed by atoms with Gasteiger partial charge < -0.3 is 10.1 Å². The molecule has 0 heterocycles. The first-order chi connectivity index (χ1) is 4.41. The van der Waals surface area contributed by atoms with Crippen LogP contribution in [0.2, 0.25) is 0 Å². The first-order valence-corrected chi connectivity index (χ1v) is 3.46. The van der Waals surface area contributed by atoms with Crippen LogP contribution in [-0.2, 0) is 4.74 Å². The third-order valence-corrected chi connectivity index (χ3v) is 1.11. The molecule has 0 spiro atoms. The van der Waals surface area contributed by atoms with E-state index in [1.165, 1.54) is 6.42 Å². The van der Waals surface area contributed by atoms with Gasteiger partial charge in [-0.3, -0.25) is 0 Å². The van der Waals surface area contributed by atoms with Gasteiger partial charge in [-0.2, -0.15) is 0 Å². The van der Waals surface area contributed by atoms with Gasteiger partial charge in [-0.1, -0.05) is 0 Å². The second kappa shape index (κ2) is 7.92. The summed E-state index contributed by atoms with van der Waals surface area (Å²) in [6.45, 7) is 5.59. The highest BCUT2D eigenvalue weighted by molar-refractivity contribution is 4.43. The van der Waals surface area contributed by atoms with E-state index in [4.69, 9.17) is 4.74 Å². The van der Waals surface area contributed by atoms with Crippen molar-refractivity contribution in [3.63, 3.8) is 0 Å². The molecule has 0 aliphatic carbocycles. The van der Waals surface area contributed by atoms with Crippen LogP contribution in [0.3, 0.4) is 0 Å². The molecule has 0 aromatic rings. The van der Waals surface area contributed by atoms with Gasteiger partial charge in [0.25, 0.3) is 0 Å². The van der Waals surface area contributed by atoms with Gasteiger partial charge in [-0.15, -0.1) is 0 Å². The van der Waals surface area contributed by atoms with Crippen molar-refractivity contribution in [1.82, 2.24) is 5.32 Å². The molecule has 0 amide bonds. The third kappa shape index (κ3) is 7.92. The summed E-state index contributed by atoms with van der Waals surface area (Å²) in [6.07, 6.45) is 2.34. The topological polar surface area (TPSA) is 21.3 Å². The fourth-order valence-electron chi connectivity index (χ4n) is 0.605. The van der Waals surface area contributed by atoms with Crippen LogP contribution in [0.25, 0.3) is 0 Å². The maximum absolute atomic E-state index is 5.03. The molecule has 0 aromatic heterocycles. The Morgan fingerprint density at radius 3 is 2.78 bits per heavy atom. The van der Waals surface area contributed by atoms with Crippen LogP contribution in [0, 0.1) is 6.61 Å². The maximum Gasteiger partial charge on any atom is 0.0805 e. The first-order valence-electron chi connectivity index (χ1n) is 3.46. The first kappa shape index (κ1) is 8.92. The average molecular weight is 130 g/mol. The number of hydrogen-bond acceptors (Lipinski definition) is 2. The van der Waals surface area contributed by atoms with E-state index in [-0.39, 0.29) is 0 Å². The second-order valence-corrected chi connectivity index (χ2v) is 1.92. The van der Waals surface area contributed by atoms with Crippen molar-refractivity contribution in [3.05, 3.63) is 6.61 Å². The van der Waals surface area contributed by atoms with Gasteiger partial charge in [-0.05, 0) is 33.4 Å². The smallest absolute Gasteiger partial charge is 0.0805 e. The van der Waals surface area contributed by atoms with Gasteiger partial charge in [0.15, 0.2) is 0 Å².